The van der Waals surface area contributed by atoms with Gasteiger partial charge in [0.25, 0.3) is 0 Å². The van der Waals surface area contributed by atoms with E-state index in [-0.39, 0.29) is 6.04 Å². The average molecular weight is 366 g/mol. The second kappa shape index (κ2) is 6.41. The Morgan fingerprint density at radius 1 is 0.846 bits per heavy atom. The van der Waals surface area contributed by atoms with Gasteiger partial charge in [0.05, 0.1) is 10.9 Å². The fourth-order valence-electron chi connectivity index (χ4n) is 3.55. The Labute approximate surface area is 154 Å². The molecule has 3 aromatic rings. The van der Waals surface area contributed by atoms with Crippen molar-refractivity contribution in [1.29, 1.82) is 0 Å². The van der Waals surface area contributed by atoms with Gasteiger partial charge in [-0.25, -0.2) is 8.42 Å². The van der Waals surface area contributed by atoms with Gasteiger partial charge in [0.2, 0.25) is 10.0 Å². The van der Waals surface area contributed by atoms with Gasteiger partial charge in [-0.2, -0.15) is 4.31 Å². The normalized spacial score (nSPS) is 17.8. The Morgan fingerprint density at radius 3 is 2.12 bits per heavy atom. The van der Waals surface area contributed by atoms with E-state index in [4.69, 9.17) is 0 Å². The van der Waals surface area contributed by atoms with Gasteiger partial charge < -0.3 is 4.57 Å². The maximum atomic E-state index is 13.4. The SMILES string of the molecule is Cc1ccc(C2c3cccn3CCN2S(=O)(=O)c2ccc(C)cc2)cc1. The fraction of sp³-hybridized carbons (Fsp3) is 0.238. The quantitative estimate of drug-likeness (QED) is 0.705. The maximum absolute atomic E-state index is 13.4. The monoisotopic (exact) mass is 366 g/mol. The second-order valence-corrected chi connectivity index (χ2v) is 8.76. The average Bonchev–Trinajstić information content (AvgIpc) is 3.11. The minimum absolute atomic E-state index is 0.314. The van der Waals surface area contributed by atoms with Crippen LogP contribution in [0.3, 0.4) is 0 Å². The van der Waals surface area contributed by atoms with Gasteiger partial charge in [0, 0.05) is 25.0 Å². The van der Waals surface area contributed by atoms with Crippen LogP contribution in [0.25, 0.3) is 0 Å². The Kier molecular flexibility index (Phi) is 4.21. The smallest absolute Gasteiger partial charge is 0.244 e. The molecule has 0 amide bonds. The molecule has 26 heavy (non-hydrogen) atoms. The summed E-state index contributed by atoms with van der Waals surface area (Å²) in [6.45, 7) is 5.11. The zero-order valence-electron chi connectivity index (χ0n) is 15.0. The molecule has 0 saturated heterocycles. The van der Waals surface area contributed by atoms with Gasteiger partial charge in [-0.3, -0.25) is 0 Å². The van der Waals surface area contributed by atoms with Crippen molar-refractivity contribution in [2.75, 3.05) is 6.54 Å². The van der Waals surface area contributed by atoms with E-state index in [1.165, 1.54) is 0 Å². The molecule has 1 unspecified atom stereocenters. The summed E-state index contributed by atoms with van der Waals surface area (Å²) in [6, 6.07) is 18.9. The van der Waals surface area contributed by atoms with E-state index in [0.717, 1.165) is 22.4 Å². The minimum atomic E-state index is -3.59. The molecule has 1 aliphatic heterocycles. The lowest BCUT2D eigenvalue weighted by molar-refractivity contribution is 0.298. The van der Waals surface area contributed by atoms with Crippen LogP contribution < -0.4 is 0 Å². The van der Waals surface area contributed by atoms with Crippen molar-refractivity contribution < 1.29 is 8.42 Å². The van der Waals surface area contributed by atoms with Gasteiger partial charge in [-0.1, -0.05) is 47.5 Å². The minimum Gasteiger partial charge on any atom is -0.348 e. The first-order valence-corrected chi connectivity index (χ1v) is 10.2. The second-order valence-electron chi connectivity index (χ2n) is 6.87. The van der Waals surface area contributed by atoms with E-state index in [1.807, 2.05) is 68.6 Å². The highest BCUT2D eigenvalue weighted by atomic mass is 32.2. The Balaban J connectivity index is 1.83. The number of benzene rings is 2. The third kappa shape index (κ3) is 2.87. The number of hydrogen-bond donors (Lipinski definition) is 0. The van der Waals surface area contributed by atoms with Crippen molar-refractivity contribution >= 4 is 10.0 Å². The van der Waals surface area contributed by atoms with Crippen LogP contribution >= 0.6 is 0 Å². The molecule has 0 fully saturated rings. The van der Waals surface area contributed by atoms with Crippen LogP contribution in [0.5, 0.6) is 0 Å². The summed E-state index contributed by atoms with van der Waals surface area (Å²) in [4.78, 5) is 0.347. The van der Waals surface area contributed by atoms with E-state index in [1.54, 1.807) is 16.4 Å². The highest BCUT2D eigenvalue weighted by Gasteiger charge is 2.37. The van der Waals surface area contributed by atoms with Gasteiger partial charge in [-0.15, -0.1) is 0 Å². The van der Waals surface area contributed by atoms with E-state index in [9.17, 15) is 8.42 Å². The molecule has 4 nitrogen and oxygen atoms in total. The van der Waals surface area contributed by atoms with Crippen LogP contribution in [0.2, 0.25) is 0 Å². The van der Waals surface area contributed by atoms with Crippen molar-refractivity contribution in [2.24, 2.45) is 0 Å². The molecule has 134 valence electrons. The van der Waals surface area contributed by atoms with Crippen molar-refractivity contribution in [3.63, 3.8) is 0 Å². The number of fused-ring (bicyclic) bond motifs is 1. The Bertz CT molecular complexity index is 1020. The van der Waals surface area contributed by atoms with Crippen LogP contribution in [0.1, 0.15) is 28.4 Å². The van der Waals surface area contributed by atoms with Crippen LogP contribution in [0.4, 0.5) is 0 Å². The molecule has 0 spiro atoms. The van der Waals surface area contributed by atoms with Gasteiger partial charge in [0.1, 0.15) is 0 Å². The predicted molar refractivity (Wildman–Crippen MR) is 103 cm³/mol. The first kappa shape index (κ1) is 17.1. The van der Waals surface area contributed by atoms with Gasteiger partial charge >= 0.3 is 0 Å². The molecule has 0 bridgehead atoms. The van der Waals surface area contributed by atoms with Gasteiger partial charge in [-0.05, 0) is 43.7 Å². The molecule has 1 atom stereocenters. The van der Waals surface area contributed by atoms with Crippen molar-refractivity contribution in [3.05, 3.63) is 89.2 Å². The molecule has 0 radical (unpaired) electrons. The summed E-state index contributed by atoms with van der Waals surface area (Å²) in [7, 11) is -3.59. The van der Waals surface area contributed by atoms with Crippen molar-refractivity contribution in [1.82, 2.24) is 8.87 Å². The molecule has 1 aliphatic rings. The van der Waals surface area contributed by atoms with E-state index in [0.29, 0.717) is 18.0 Å². The number of rotatable bonds is 3. The third-order valence-electron chi connectivity index (χ3n) is 5.01. The highest BCUT2D eigenvalue weighted by molar-refractivity contribution is 7.89. The number of aromatic nitrogens is 1. The zero-order valence-corrected chi connectivity index (χ0v) is 15.8. The zero-order chi connectivity index (χ0) is 18.3. The topological polar surface area (TPSA) is 42.3 Å². The first-order valence-electron chi connectivity index (χ1n) is 8.77. The largest absolute Gasteiger partial charge is 0.348 e. The van der Waals surface area contributed by atoms with Crippen LogP contribution in [-0.4, -0.2) is 23.8 Å². The summed E-state index contributed by atoms with van der Waals surface area (Å²) < 4.78 is 30.6. The molecule has 1 aromatic heterocycles. The number of nitrogens with zero attached hydrogens (tertiary/aromatic N) is 2. The molecular weight excluding hydrogens is 344 g/mol. The van der Waals surface area contributed by atoms with Crippen LogP contribution in [0.15, 0.2) is 71.8 Å². The molecule has 0 N–H and O–H groups in total. The summed E-state index contributed by atoms with van der Waals surface area (Å²) >= 11 is 0. The predicted octanol–water partition coefficient (Wildman–Crippen LogP) is 3.90. The molecular formula is C21H22N2O2S. The number of hydrogen-bond acceptors (Lipinski definition) is 2. The standard InChI is InChI=1S/C21H22N2O2S/c1-16-5-9-18(10-6-16)21-20-4-3-13-22(20)14-15-23(21)26(24,25)19-11-7-17(2)8-12-19/h3-13,21H,14-15H2,1-2H3. The maximum Gasteiger partial charge on any atom is 0.244 e. The summed E-state index contributed by atoms with van der Waals surface area (Å²) in [5.74, 6) is 0. The van der Waals surface area contributed by atoms with Crippen LogP contribution in [0, 0.1) is 13.8 Å². The highest BCUT2D eigenvalue weighted by Crippen LogP contribution is 2.36. The number of aryl methyl sites for hydroxylation is 2. The van der Waals surface area contributed by atoms with Gasteiger partial charge in [0.15, 0.2) is 0 Å². The summed E-state index contributed by atoms with van der Waals surface area (Å²) in [5, 5.41) is 0. The van der Waals surface area contributed by atoms with E-state index in [2.05, 4.69) is 4.57 Å². The molecule has 0 aliphatic carbocycles. The van der Waals surface area contributed by atoms with Crippen LogP contribution in [-0.2, 0) is 16.6 Å². The van der Waals surface area contributed by atoms with E-state index < -0.39 is 10.0 Å². The van der Waals surface area contributed by atoms with Crippen molar-refractivity contribution in [3.8, 4) is 0 Å². The lowest BCUT2D eigenvalue weighted by Gasteiger charge is -2.36. The summed E-state index contributed by atoms with van der Waals surface area (Å²) in [5.41, 5.74) is 4.21. The van der Waals surface area contributed by atoms with E-state index >= 15 is 0 Å². The molecule has 5 heteroatoms. The lowest BCUT2D eigenvalue weighted by atomic mass is 10.0. The third-order valence-corrected chi connectivity index (χ3v) is 6.89. The molecule has 4 rings (SSSR count). The Hall–Kier alpha value is -2.37. The summed E-state index contributed by atoms with van der Waals surface area (Å²) in [6.07, 6.45) is 2.02. The Morgan fingerprint density at radius 2 is 1.46 bits per heavy atom. The molecule has 2 heterocycles. The molecule has 2 aromatic carbocycles. The first-order chi connectivity index (χ1) is 12.5. The molecule has 0 saturated carbocycles. The van der Waals surface area contributed by atoms with Crippen molar-refractivity contribution in [2.45, 2.75) is 31.3 Å². The fourth-order valence-corrected chi connectivity index (χ4v) is 5.13. The lowest BCUT2D eigenvalue weighted by Crippen LogP contribution is -2.42. The number of sulfonamides is 1.